The molecule has 0 radical (unpaired) electrons. The van der Waals surface area contributed by atoms with E-state index in [1.54, 1.807) is 0 Å². The van der Waals surface area contributed by atoms with Crippen molar-refractivity contribution >= 4 is 21.6 Å². The molecule has 0 atom stereocenters. The van der Waals surface area contributed by atoms with Gasteiger partial charge in [0.15, 0.2) is 0 Å². The molecular formula is C29H33N3OS. The van der Waals surface area contributed by atoms with Crippen LogP contribution in [0.2, 0.25) is 0 Å². The van der Waals surface area contributed by atoms with Crippen molar-refractivity contribution in [1.29, 1.82) is 0 Å². The SMILES string of the molecule is CC(C)(C)c1ccc(-c2ccc(-c3nc4ccsc4c(=O)n3CCN3CCCCC3)cc2)cc1. The van der Waals surface area contributed by atoms with E-state index in [9.17, 15) is 4.79 Å². The molecule has 0 unspecified atom stereocenters. The van der Waals surface area contributed by atoms with Gasteiger partial charge >= 0.3 is 0 Å². The minimum absolute atomic E-state index is 0.0776. The minimum Gasteiger partial charge on any atom is -0.302 e. The van der Waals surface area contributed by atoms with Crippen molar-refractivity contribution < 1.29 is 0 Å². The highest BCUT2D eigenvalue weighted by atomic mass is 32.1. The first kappa shape index (κ1) is 23.0. The van der Waals surface area contributed by atoms with Gasteiger partial charge in [-0.25, -0.2) is 4.98 Å². The fourth-order valence-corrected chi connectivity index (χ4v) is 5.55. The molecule has 1 aliphatic heterocycles. The Morgan fingerprint density at radius 1 is 0.824 bits per heavy atom. The third-order valence-corrected chi connectivity index (χ3v) is 7.77. The van der Waals surface area contributed by atoms with E-state index >= 15 is 0 Å². The first-order valence-corrected chi connectivity index (χ1v) is 13.2. The molecule has 0 amide bonds. The van der Waals surface area contributed by atoms with Crippen LogP contribution in [0.3, 0.4) is 0 Å². The Kier molecular flexibility index (Phi) is 6.41. The molecule has 0 saturated carbocycles. The number of likely N-dealkylation sites (tertiary alicyclic amines) is 1. The van der Waals surface area contributed by atoms with E-state index in [-0.39, 0.29) is 11.0 Å². The third-order valence-electron chi connectivity index (χ3n) is 6.88. The van der Waals surface area contributed by atoms with Crippen molar-refractivity contribution in [2.45, 2.75) is 52.0 Å². The van der Waals surface area contributed by atoms with Crippen molar-refractivity contribution in [2.75, 3.05) is 19.6 Å². The number of fused-ring (bicyclic) bond motifs is 1. The smallest absolute Gasteiger partial charge is 0.271 e. The lowest BCUT2D eigenvalue weighted by atomic mass is 9.86. The van der Waals surface area contributed by atoms with Gasteiger partial charge in [-0.15, -0.1) is 11.3 Å². The van der Waals surface area contributed by atoms with Crippen molar-refractivity contribution in [2.24, 2.45) is 0 Å². The van der Waals surface area contributed by atoms with Crippen molar-refractivity contribution in [3.63, 3.8) is 0 Å². The summed E-state index contributed by atoms with van der Waals surface area (Å²) >= 11 is 1.49. The first-order valence-electron chi connectivity index (χ1n) is 12.3. The first-order chi connectivity index (χ1) is 16.4. The zero-order valence-corrected chi connectivity index (χ0v) is 21.2. The Morgan fingerprint density at radius 2 is 1.44 bits per heavy atom. The van der Waals surface area contributed by atoms with E-state index in [2.05, 4.69) is 74.2 Å². The van der Waals surface area contributed by atoms with Crippen LogP contribution in [0.1, 0.15) is 45.6 Å². The summed E-state index contributed by atoms with van der Waals surface area (Å²) < 4.78 is 2.64. The average molecular weight is 472 g/mol. The van der Waals surface area contributed by atoms with Gasteiger partial charge in [0.2, 0.25) is 0 Å². The number of hydrogen-bond acceptors (Lipinski definition) is 4. The summed E-state index contributed by atoms with van der Waals surface area (Å²) in [6.45, 7) is 10.5. The third kappa shape index (κ3) is 4.73. The van der Waals surface area contributed by atoms with Gasteiger partial charge in [0, 0.05) is 18.7 Å². The van der Waals surface area contributed by atoms with Crippen LogP contribution in [-0.4, -0.2) is 34.1 Å². The van der Waals surface area contributed by atoms with Gasteiger partial charge in [0.05, 0.1) is 5.52 Å². The largest absolute Gasteiger partial charge is 0.302 e. The topological polar surface area (TPSA) is 38.1 Å². The molecule has 5 heteroatoms. The second-order valence-corrected chi connectivity index (χ2v) is 11.3. The van der Waals surface area contributed by atoms with E-state index in [4.69, 9.17) is 4.98 Å². The van der Waals surface area contributed by atoms with Crippen LogP contribution in [-0.2, 0) is 12.0 Å². The van der Waals surface area contributed by atoms with Crippen molar-refractivity contribution in [1.82, 2.24) is 14.5 Å². The quantitative estimate of drug-likeness (QED) is 0.330. The van der Waals surface area contributed by atoms with Gasteiger partial charge in [0.1, 0.15) is 10.5 Å². The molecule has 1 fully saturated rings. The van der Waals surface area contributed by atoms with Gasteiger partial charge < -0.3 is 4.90 Å². The molecule has 2 aromatic heterocycles. The molecule has 0 aliphatic carbocycles. The maximum atomic E-state index is 13.4. The second kappa shape index (κ2) is 9.47. The molecule has 0 bridgehead atoms. The highest BCUT2D eigenvalue weighted by Gasteiger charge is 2.17. The summed E-state index contributed by atoms with van der Waals surface area (Å²) in [5, 5.41) is 1.96. The molecule has 4 aromatic rings. The Bertz CT molecular complexity index is 1320. The zero-order valence-electron chi connectivity index (χ0n) is 20.4. The van der Waals surface area contributed by atoms with Crippen LogP contribution in [0, 0.1) is 0 Å². The van der Waals surface area contributed by atoms with Gasteiger partial charge in [-0.2, -0.15) is 0 Å². The standard InChI is InChI=1S/C29H33N3OS/c1-29(2,3)24-13-11-22(12-14-24)21-7-9-23(10-8-21)27-30-25-15-20-34-26(25)28(33)32(27)19-18-31-16-5-4-6-17-31/h7-15,20H,4-6,16-19H2,1-3H3. The monoisotopic (exact) mass is 471 g/mol. The predicted molar refractivity (Wildman–Crippen MR) is 144 cm³/mol. The molecule has 1 aliphatic rings. The summed E-state index contributed by atoms with van der Waals surface area (Å²) in [4.78, 5) is 20.8. The Hall–Kier alpha value is -2.76. The molecule has 4 nitrogen and oxygen atoms in total. The highest BCUT2D eigenvalue weighted by molar-refractivity contribution is 7.17. The molecule has 0 spiro atoms. The number of thiophene rings is 1. The highest BCUT2D eigenvalue weighted by Crippen LogP contribution is 2.28. The van der Waals surface area contributed by atoms with Crippen molar-refractivity contribution in [3.8, 4) is 22.5 Å². The number of benzene rings is 2. The fourth-order valence-electron chi connectivity index (χ4n) is 4.77. The van der Waals surface area contributed by atoms with Crippen LogP contribution in [0.4, 0.5) is 0 Å². The normalized spacial score (nSPS) is 15.1. The Morgan fingerprint density at radius 3 is 2.09 bits per heavy atom. The molecule has 0 N–H and O–H groups in total. The number of piperidine rings is 1. The summed E-state index contributed by atoms with van der Waals surface area (Å²) in [6.07, 6.45) is 3.82. The van der Waals surface area contributed by atoms with Crippen LogP contribution in [0.15, 0.2) is 64.8 Å². The number of nitrogens with zero attached hydrogens (tertiary/aromatic N) is 3. The zero-order chi connectivity index (χ0) is 23.7. The van der Waals surface area contributed by atoms with E-state index in [0.717, 1.165) is 41.2 Å². The summed E-state index contributed by atoms with van der Waals surface area (Å²) in [5.74, 6) is 0.766. The summed E-state index contributed by atoms with van der Waals surface area (Å²) in [5.41, 5.74) is 5.70. The van der Waals surface area contributed by atoms with Crippen LogP contribution in [0.25, 0.3) is 32.7 Å². The minimum atomic E-state index is 0.0776. The van der Waals surface area contributed by atoms with Crippen LogP contribution < -0.4 is 5.56 Å². The van der Waals surface area contributed by atoms with E-state index < -0.39 is 0 Å². The molecular weight excluding hydrogens is 438 g/mol. The van der Waals surface area contributed by atoms with Crippen molar-refractivity contribution in [3.05, 3.63) is 75.9 Å². The Labute approximate surface area is 205 Å². The summed E-state index contributed by atoms with van der Waals surface area (Å²) in [6, 6.07) is 19.3. The van der Waals surface area contributed by atoms with E-state index in [1.807, 2.05) is 16.0 Å². The maximum absolute atomic E-state index is 13.4. The Balaban J connectivity index is 1.46. The molecule has 34 heavy (non-hydrogen) atoms. The van der Waals surface area contributed by atoms with Gasteiger partial charge in [-0.05, 0) is 59.5 Å². The summed E-state index contributed by atoms with van der Waals surface area (Å²) in [7, 11) is 0. The van der Waals surface area contributed by atoms with E-state index in [1.165, 1.54) is 47.3 Å². The molecule has 5 rings (SSSR count). The van der Waals surface area contributed by atoms with Gasteiger partial charge in [-0.1, -0.05) is 75.7 Å². The van der Waals surface area contributed by atoms with Crippen LogP contribution in [0.5, 0.6) is 0 Å². The predicted octanol–water partition coefficient (Wildman–Crippen LogP) is 6.58. The van der Waals surface area contributed by atoms with E-state index in [0.29, 0.717) is 6.54 Å². The average Bonchev–Trinajstić information content (AvgIpc) is 3.33. The fraction of sp³-hybridized carbons (Fsp3) is 0.379. The molecule has 1 saturated heterocycles. The number of aromatic nitrogens is 2. The maximum Gasteiger partial charge on any atom is 0.271 e. The molecule has 176 valence electrons. The van der Waals surface area contributed by atoms with Gasteiger partial charge in [0.25, 0.3) is 5.56 Å². The molecule has 3 heterocycles. The lowest BCUT2D eigenvalue weighted by Gasteiger charge is -2.27. The number of hydrogen-bond donors (Lipinski definition) is 0. The molecule has 2 aromatic carbocycles. The second-order valence-electron chi connectivity index (χ2n) is 10.3. The van der Waals surface area contributed by atoms with Gasteiger partial charge in [-0.3, -0.25) is 9.36 Å². The lowest BCUT2D eigenvalue weighted by Crippen LogP contribution is -2.35. The number of rotatable bonds is 5. The lowest BCUT2D eigenvalue weighted by molar-refractivity contribution is 0.220. The van der Waals surface area contributed by atoms with Crippen LogP contribution >= 0.6 is 11.3 Å².